The number of amides is 3. The SMILES string of the molecule is CCN(CC)C(=O)NCC1CC(=O)N(Cc2ccc(F)cc2)C1. The number of urea groups is 1. The molecule has 1 saturated heterocycles. The lowest BCUT2D eigenvalue weighted by Crippen LogP contribution is -2.41. The average Bonchev–Trinajstić information content (AvgIpc) is 2.89. The lowest BCUT2D eigenvalue weighted by atomic mass is 10.1. The van der Waals surface area contributed by atoms with Crippen LogP contribution in [0.15, 0.2) is 24.3 Å². The lowest BCUT2D eigenvalue weighted by molar-refractivity contribution is -0.128. The third-order valence-corrected chi connectivity index (χ3v) is 4.17. The number of nitrogens with one attached hydrogen (secondary N) is 1. The number of hydrogen-bond acceptors (Lipinski definition) is 2. The zero-order valence-electron chi connectivity index (χ0n) is 13.7. The Bertz CT molecular complexity index is 543. The van der Waals surface area contributed by atoms with Crippen molar-refractivity contribution in [1.29, 1.82) is 0 Å². The van der Waals surface area contributed by atoms with Crippen LogP contribution in [0.2, 0.25) is 0 Å². The normalized spacial score (nSPS) is 17.4. The molecule has 1 fully saturated rings. The smallest absolute Gasteiger partial charge is 0.317 e. The van der Waals surface area contributed by atoms with Crippen molar-refractivity contribution in [2.75, 3.05) is 26.2 Å². The van der Waals surface area contributed by atoms with Gasteiger partial charge in [0, 0.05) is 45.1 Å². The molecule has 0 aromatic heterocycles. The summed E-state index contributed by atoms with van der Waals surface area (Å²) >= 11 is 0. The summed E-state index contributed by atoms with van der Waals surface area (Å²) in [5.41, 5.74) is 0.910. The van der Waals surface area contributed by atoms with Gasteiger partial charge in [0.15, 0.2) is 0 Å². The largest absolute Gasteiger partial charge is 0.338 e. The number of hydrogen-bond donors (Lipinski definition) is 1. The van der Waals surface area contributed by atoms with Gasteiger partial charge in [0.25, 0.3) is 0 Å². The summed E-state index contributed by atoms with van der Waals surface area (Å²) in [5, 5.41) is 2.90. The second kappa shape index (κ2) is 7.94. The molecule has 1 aliphatic rings. The first-order valence-corrected chi connectivity index (χ1v) is 8.08. The van der Waals surface area contributed by atoms with Crippen LogP contribution in [0.4, 0.5) is 9.18 Å². The summed E-state index contributed by atoms with van der Waals surface area (Å²) in [6, 6.07) is 6.10. The average molecular weight is 321 g/mol. The van der Waals surface area contributed by atoms with Crippen LogP contribution in [0.1, 0.15) is 25.8 Å². The van der Waals surface area contributed by atoms with E-state index in [2.05, 4.69) is 5.32 Å². The minimum absolute atomic E-state index is 0.0800. The van der Waals surface area contributed by atoms with Crippen LogP contribution < -0.4 is 5.32 Å². The maximum atomic E-state index is 12.9. The third kappa shape index (κ3) is 4.68. The summed E-state index contributed by atoms with van der Waals surface area (Å²) in [6.45, 7) is 6.82. The molecule has 23 heavy (non-hydrogen) atoms. The van der Waals surface area contributed by atoms with Crippen LogP contribution in [0.25, 0.3) is 0 Å². The van der Waals surface area contributed by atoms with Gasteiger partial charge >= 0.3 is 6.03 Å². The van der Waals surface area contributed by atoms with Gasteiger partial charge < -0.3 is 15.1 Å². The Hall–Kier alpha value is -2.11. The molecule has 3 amide bonds. The number of likely N-dealkylation sites (tertiary alicyclic amines) is 1. The Labute approximate surface area is 136 Å². The van der Waals surface area contributed by atoms with Crippen LogP contribution in [0.5, 0.6) is 0 Å². The van der Waals surface area contributed by atoms with Crippen molar-refractivity contribution in [2.45, 2.75) is 26.8 Å². The van der Waals surface area contributed by atoms with E-state index < -0.39 is 0 Å². The lowest BCUT2D eigenvalue weighted by Gasteiger charge is -2.21. The molecule has 0 saturated carbocycles. The summed E-state index contributed by atoms with van der Waals surface area (Å²) in [7, 11) is 0. The number of benzene rings is 1. The van der Waals surface area contributed by atoms with Crippen molar-refractivity contribution in [3.05, 3.63) is 35.6 Å². The van der Waals surface area contributed by atoms with E-state index in [1.807, 2.05) is 13.8 Å². The van der Waals surface area contributed by atoms with Crippen LogP contribution in [0, 0.1) is 11.7 Å². The summed E-state index contributed by atoms with van der Waals surface area (Å²) in [4.78, 5) is 27.5. The Kier molecular flexibility index (Phi) is 5.96. The second-order valence-corrected chi connectivity index (χ2v) is 5.83. The first-order valence-electron chi connectivity index (χ1n) is 8.08. The maximum Gasteiger partial charge on any atom is 0.317 e. The predicted octanol–water partition coefficient (Wildman–Crippen LogP) is 2.23. The van der Waals surface area contributed by atoms with E-state index in [1.54, 1.807) is 21.9 Å². The van der Waals surface area contributed by atoms with Crippen molar-refractivity contribution < 1.29 is 14.0 Å². The van der Waals surface area contributed by atoms with Gasteiger partial charge in [-0.05, 0) is 31.5 Å². The fraction of sp³-hybridized carbons (Fsp3) is 0.529. The molecule has 2 rings (SSSR count). The van der Waals surface area contributed by atoms with Gasteiger partial charge in [-0.2, -0.15) is 0 Å². The molecule has 6 heteroatoms. The summed E-state index contributed by atoms with van der Waals surface area (Å²) in [6.07, 6.45) is 0.444. The van der Waals surface area contributed by atoms with Gasteiger partial charge in [-0.1, -0.05) is 12.1 Å². The van der Waals surface area contributed by atoms with Crippen molar-refractivity contribution in [1.82, 2.24) is 15.1 Å². The van der Waals surface area contributed by atoms with E-state index in [9.17, 15) is 14.0 Å². The number of carbonyl (C=O) groups excluding carboxylic acids is 2. The Balaban J connectivity index is 1.82. The Morgan fingerprint density at radius 2 is 1.96 bits per heavy atom. The van der Waals surface area contributed by atoms with Gasteiger partial charge in [-0.3, -0.25) is 4.79 Å². The Morgan fingerprint density at radius 3 is 2.57 bits per heavy atom. The molecule has 1 atom stereocenters. The highest BCUT2D eigenvalue weighted by Gasteiger charge is 2.29. The van der Waals surface area contributed by atoms with E-state index in [0.717, 1.165) is 5.56 Å². The van der Waals surface area contributed by atoms with Gasteiger partial charge in [0.1, 0.15) is 5.82 Å². The van der Waals surface area contributed by atoms with E-state index in [-0.39, 0.29) is 23.7 Å². The molecule has 1 unspecified atom stereocenters. The van der Waals surface area contributed by atoms with Gasteiger partial charge in [-0.15, -0.1) is 0 Å². The first kappa shape index (κ1) is 17.2. The van der Waals surface area contributed by atoms with E-state index in [4.69, 9.17) is 0 Å². The fourth-order valence-corrected chi connectivity index (χ4v) is 2.81. The third-order valence-electron chi connectivity index (χ3n) is 4.17. The number of halogens is 1. The van der Waals surface area contributed by atoms with Gasteiger partial charge in [0.2, 0.25) is 5.91 Å². The van der Waals surface area contributed by atoms with E-state index in [0.29, 0.717) is 39.1 Å². The molecule has 1 aromatic carbocycles. The Morgan fingerprint density at radius 1 is 1.30 bits per heavy atom. The fourth-order valence-electron chi connectivity index (χ4n) is 2.81. The van der Waals surface area contributed by atoms with E-state index in [1.165, 1.54) is 12.1 Å². The standard InChI is InChI=1S/C17H24FN3O2/c1-3-20(4-2)17(23)19-10-14-9-16(22)21(12-14)11-13-5-7-15(18)8-6-13/h5-8,14H,3-4,9-12H2,1-2H3,(H,19,23). The zero-order valence-corrected chi connectivity index (χ0v) is 13.7. The first-order chi connectivity index (χ1) is 11.0. The van der Waals surface area contributed by atoms with Crippen LogP contribution in [-0.2, 0) is 11.3 Å². The minimum atomic E-state index is -0.279. The minimum Gasteiger partial charge on any atom is -0.338 e. The zero-order chi connectivity index (χ0) is 16.8. The molecule has 5 nitrogen and oxygen atoms in total. The molecule has 0 bridgehead atoms. The van der Waals surface area contributed by atoms with Gasteiger partial charge in [-0.25, -0.2) is 9.18 Å². The highest BCUT2D eigenvalue weighted by atomic mass is 19.1. The van der Waals surface area contributed by atoms with E-state index >= 15 is 0 Å². The molecule has 0 spiro atoms. The molecular formula is C17H24FN3O2. The van der Waals surface area contributed by atoms with Crippen molar-refractivity contribution >= 4 is 11.9 Å². The number of carbonyl (C=O) groups is 2. The molecular weight excluding hydrogens is 297 g/mol. The van der Waals surface area contributed by atoms with Crippen LogP contribution >= 0.6 is 0 Å². The van der Waals surface area contributed by atoms with Crippen molar-refractivity contribution in [3.63, 3.8) is 0 Å². The number of rotatable bonds is 6. The monoisotopic (exact) mass is 321 g/mol. The topological polar surface area (TPSA) is 52.7 Å². The molecule has 1 N–H and O–H groups in total. The van der Waals surface area contributed by atoms with Crippen LogP contribution in [-0.4, -0.2) is 47.9 Å². The second-order valence-electron chi connectivity index (χ2n) is 5.83. The van der Waals surface area contributed by atoms with Gasteiger partial charge in [0.05, 0.1) is 0 Å². The highest BCUT2D eigenvalue weighted by molar-refractivity contribution is 5.79. The van der Waals surface area contributed by atoms with Crippen molar-refractivity contribution in [3.8, 4) is 0 Å². The summed E-state index contributed by atoms with van der Waals surface area (Å²) in [5.74, 6) is -0.0719. The molecule has 126 valence electrons. The van der Waals surface area contributed by atoms with Crippen molar-refractivity contribution in [2.24, 2.45) is 5.92 Å². The molecule has 0 aliphatic carbocycles. The molecule has 0 radical (unpaired) electrons. The molecule has 1 aromatic rings. The number of nitrogens with zero attached hydrogens (tertiary/aromatic N) is 2. The molecule has 1 heterocycles. The predicted molar refractivity (Wildman–Crippen MR) is 86.2 cm³/mol. The quantitative estimate of drug-likeness (QED) is 0.873. The molecule has 1 aliphatic heterocycles. The maximum absolute atomic E-state index is 12.9. The highest BCUT2D eigenvalue weighted by Crippen LogP contribution is 2.19. The van der Waals surface area contributed by atoms with Crippen LogP contribution in [0.3, 0.4) is 0 Å². The summed E-state index contributed by atoms with van der Waals surface area (Å²) < 4.78 is 12.9.